The van der Waals surface area contributed by atoms with Crippen molar-refractivity contribution in [2.24, 2.45) is 5.10 Å². The number of carbonyl (C=O) groups excluding carboxylic acids is 1. The number of hydrazone groups is 1. The van der Waals surface area contributed by atoms with Gasteiger partial charge in [-0.05, 0) is 85.5 Å². The molecule has 0 aliphatic rings. The summed E-state index contributed by atoms with van der Waals surface area (Å²) in [6.45, 7) is 4.14. The Bertz CT molecular complexity index is 1270. The SMILES string of the molecule is C=CCOc1ccc(C(=O)N/N=C/c2cc(Br)c(OCc3ccc([N+](=O)[O-])cc3)c(Br)c2)cc1OC. The minimum Gasteiger partial charge on any atom is -0.493 e. The van der Waals surface area contributed by atoms with Gasteiger partial charge in [0.05, 0.1) is 27.2 Å². The van der Waals surface area contributed by atoms with E-state index in [1.165, 1.54) is 25.5 Å². The molecular formula is C25H21Br2N3O6. The predicted octanol–water partition coefficient (Wildman–Crippen LogP) is 6.04. The molecule has 0 bridgehead atoms. The van der Waals surface area contributed by atoms with Gasteiger partial charge in [0, 0.05) is 17.7 Å². The molecule has 0 unspecified atom stereocenters. The molecule has 0 radical (unpaired) electrons. The molecule has 11 heteroatoms. The lowest BCUT2D eigenvalue weighted by Gasteiger charge is -2.11. The number of benzene rings is 3. The highest BCUT2D eigenvalue weighted by molar-refractivity contribution is 9.11. The number of nitrogens with one attached hydrogen (secondary N) is 1. The van der Waals surface area contributed by atoms with Gasteiger partial charge in [-0.3, -0.25) is 14.9 Å². The number of methoxy groups -OCH3 is 1. The Morgan fingerprint density at radius 2 is 1.78 bits per heavy atom. The largest absolute Gasteiger partial charge is 0.493 e. The molecule has 186 valence electrons. The average molecular weight is 619 g/mol. The number of hydrogen-bond acceptors (Lipinski definition) is 7. The smallest absolute Gasteiger partial charge is 0.271 e. The summed E-state index contributed by atoms with van der Waals surface area (Å²) in [6.07, 6.45) is 3.11. The van der Waals surface area contributed by atoms with Crippen molar-refractivity contribution in [3.8, 4) is 17.2 Å². The molecule has 0 saturated carbocycles. The van der Waals surface area contributed by atoms with Gasteiger partial charge in [-0.2, -0.15) is 5.10 Å². The highest BCUT2D eigenvalue weighted by Crippen LogP contribution is 2.35. The Balaban J connectivity index is 1.62. The quantitative estimate of drug-likeness (QED) is 0.121. The Labute approximate surface area is 224 Å². The number of hydrogen-bond donors (Lipinski definition) is 1. The molecular weight excluding hydrogens is 598 g/mol. The number of non-ortho nitro benzene ring substituents is 1. The van der Waals surface area contributed by atoms with E-state index in [0.29, 0.717) is 43.9 Å². The van der Waals surface area contributed by atoms with E-state index in [0.717, 1.165) is 5.56 Å². The van der Waals surface area contributed by atoms with E-state index in [1.54, 1.807) is 48.5 Å². The fourth-order valence-corrected chi connectivity index (χ4v) is 4.42. The summed E-state index contributed by atoms with van der Waals surface area (Å²) in [5.74, 6) is 1.06. The second-order valence-corrected chi connectivity index (χ2v) is 8.90. The first-order valence-electron chi connectivity index (χ1n) is 10.4. The molecule has 0 heterocycles. The maximum Gasteiger partial charge on any atom is 0.271 e. The third kappa shape index (κ3) is 7.15. The lowest BCUT2D eigenvalue weighted by Crippen LogP contribution is -2.17. The molecule has 9 nitrogen and oxygen atoms in total. The van der Waals surface area contributed by atoms with Gasteiger partial charge in [0.1, 0.15) is 19.0 Å². The summed E-state index contributed by atoms with van der Waals surface area (Å²) in [6, 6.07) is 14.5. The molecule has 1 amide bonds. The minimum absolute atomic E-state index is 0.0190. The number of halogens is 2. The topological polar surface area (TPSA) is 112 Å². The van der Waals surface area contributed by atoms with Crippen LogP contribution in [0.25, 0.3) is 0 Å². The van der Waals surface area contributed by atoms with E-state index in [2.05, 4.69) is 49.0 Å². The summed E-state index contributed by atoms with van der Waals surface area (Å²) in [5, 5.41) is 14.8. The summed E-state index contributed by atoms with van der Waals surface area (Å²) >= 11 is 6.95. The van der Waals surface area contributed by atoms with Gasteiger partial charge in [-0.15, -0.1) is 0 Å². The van der Waals surface area contributed by atoms with E-state index in [9.17, 15) is 14.9 Å². The van der Waals surface area contributed by atoms with Crippen LogP contribution in [0.2, 0.25) is 0 Å². The van der Waals surface area contributed by atoms with Crippen molar-refractivity contribution >= 4 is 49.7 Å². The molecule has 3 aromatic carbocycles. The Kier molecular flexibility index (Phi) is 9.60. The number of ether oxygens (including phenoxy) is 3. The lowest BCUT2D eigenvalue weighted by atomic mass is 10.2. The van der Waals surface area contributed by atoms with Crippen LogP contribution in [0, 0.1) is 10.1 Å². The minimum atomic E-state index is -0.451. The molecule has 0 spiro atoms. The van der Waals surface area contributed by atoms with Crippen molar-refractivity contribution in [2.75, 3.05) is 13.7 Å². The van der Waals surface area contributed by atoms with E-state index >= 15 is 0 Å². The summed E-state index contributed by atoms with van der Waals surface area (Å²) in [7, 11) is 1.49. The van der Waals surface area contributed by atoms with Crippen LogP contribution >= 0.6 is 31.9 Å². The lowest BCUT2D eigenvalue weighted by molar-refractivity contribution is -0.384. The first kappa shape index (κ1) is 26.9. The highest BCUT2D eigenvalue weighted by atomic mass is 79.9. The third-order valence-corrected chi connectivity index (χ3v) is 5.89. The zero-order valence-electron chi connectivity index (χ0n) is 19.1. The van der Waals surface area contributed by atoms with Crippen molar-refractivity contribution in [2.45, 2.75) is 6.61 Å². The van der Waals surface area contributed by atoms with E-state index in [4.69, 9.17) is 14.2 Å². The second-order valence-electron chi connectivity index (χ2n) is 7.19. The zero-order valence-corrected chi connectivity index (χ0v) is 22.2. The van der Waals surface area contributed by atoms with Crippen LogP contribution in [0.1, 0.15) is 21.5 Å². The van der Waals surface area contributed by atoms with Crippen molar-refractivity contribution in [1.29, 1.82) is 0 Å². The van der Waals surface area contributed by atoms with Crippen molar-refractivity contribution in [3.63, 3.8) is 0 Å². The van der Waals surface area contributed by atoms with Gasteiger partial charge in [0.15, 0.2) is 11.5 Å². The second kappa shape index (κ2) is 12.8. The van der Waals surface area contributed by atoms with E-state index < -0.39 is 10.8 Å². The molecule has 0 saturated heterocycles. The Hall–Kier alpha value is -3.70. The van der Waals surface area contributed by atoms with Crippen LogP contribution in [0.3, 0.4) is 0 Å². The zero-order chi connectivity index (χ0) is 26.1. The standard InChI is InChI=1S/C25H21Br2N3O6/c1-3-10-35-22-9-6-18(13-23(22)34-2)25(31)29-28-14-17-11-20(26)24(21(27)12-17)36-15-16-4-7-19(8-5-16)30(32)33/h3-9,11-14H,1,10,15H2,2H3,(H,29,31)/b28-14+. The van der Waals surface area contributed by atoms with Crippen molar-refractivity contribution < 1.29 is 23.9 Å². The van der Waals surface area contributed by atoms with Crippen LogP contribution in [-0.4, -0.2) is 30.8 Å². The average Bonchev–Trinajstić information content (AvgIpc) is 2.87. The molecule has 0 aliphatic heterocycles. The van der Waals surface area contributed by atoms with Crippen LogP contribution in [0.15, 0.2) is 81.3 Å². The van der Waals surface area contributed by atoms with Gasteiger partial charge in [-0.1, -0.05) is 12.7 Å². The summed E-state index contributed by atoms with van der Waals surface area (Å²) in [5.41, 5.74) is 4.33. The molecule has 0 atom stereocenters. The number of nitro benzene ring substituents is 1. The highest BCUT2D eigenvalue weighted by Gasteiger charge is 2.12. The summed E-state index contributed by atoms with van der Waals surface area (Å²) < 4.78 is 17.9. The van der Waals surface area contributed by atoms with Gasteiger partial charge >= 0.3 is 0 Å². The molecule has 3 aromatic rings. The van der Waals surface area contributed by atoms with Crippen LogP contribution in [-0.2, 0) is 6.61 Å². The molecule has 0 aromatic heterocycles. The number of amides is 1. The van der Waals surface area contributed by atoms with Gasteiger partial charge < -0.3 is 14.2 Å². The maximum absolute atomic E-state index is 12.5. The van der Waals surface area contributed by atoms with Crippen LogP contribution in [0.4, 0.5) is 5.69 Å². The predicted molar refractivity (Wildman–Crippen MR) is 143 cm³/mol. The normalized spacial score (nSPS) is 10.6. The molecule has 36 heavy (non-hydrogen) atoms. The van der Waals surface area contributed by atoms with E-state index in [-0.39, 0.29) is 12.3 Å². The fraction of sp³-hybridized carbons (Fsp3) is 0.120. The van der Waals surface area contributed by atoms with Crippen LogP contribution < -0.4 is 19.6 Å². The molecule has 0 aliphatic carbocycles. The van der Waals surface area contributed by atoms with Crippen LogP contribution in [0.5, 0.6) is 17.2 Å². The fourth-order valence-electron chi connectivity index (χ4n) is 2.97. The number of carbonyl (C=O) groups is 1. The van der Waals surface area contributed by atoms with E-state index in [1.807, 2.05) is 0 Å². The first-order valence-corrected chi connectivity index (χ1v) is 12.0. The van der Waals surface area contributed by atoms with Crippen molar-refractivity contribution in [1.82, 2.24) is 5.43 Å². The monoisotopic (exact) mass is 617 g/mol. The maximum atomic E-state index is 12.5. The number of nitro groups is 1. The third-order valence-electron chi connectivity index (χ3n) is 4.71. The molecule has 1 N–H and O–H groups in total. The molecule has 0 fully saturated rings. The van der Waals surface area contributed by atoms with Gasteiger partial charge in [-0.25, -0.2) is 5.43 Å². The first-order chi connectivity index (χ1) is 17.3. The van der Waals surface area contributed by atoms with Gasteiger partial charge in [0.2, 0.25) is 0 Å². The molecule has 3 rings (SSSR count). The Morgan fingerprint density at radius 3 is 2.39 bits per heavy atom. The van der Waals surface area contributed by atoms with Crippen molar-refractivity contribution in [3.05, 3.63) is 103 Å². The van der Waals surface area contributed by atoms with Gasteiger partial charge in [0.25, 0.3) is 11.6 Å². The summed E-state index contributed by atoms with van der Waals surface area (Å²) in [4.78, 5) is 22.8. The number of rotatable bonds is 11. The Morgan fingerprint density at radius 1 is 1.08 bits per heavy atom. The number of nitrogens with zero attached hydrogens (tertiary/aromatic N) is 2.